The van der Waals surface area contributed by atoms with Crippen LogP contribution in [0.2, 0.25) is 0 Å². The number of rotatable bonds is 3. The van der Waals surface area contributed by atoms with Crippen molar-refractivity contribution in [3.05, 3.63) is 48.7 Å². The van der Waals surface area contributed by atoms with E-state index in [9.17, 15) is 0 Å². The van der Waals surface area contributed by atoms with E-state index in [2.05, 4.69) is 23.2 Å². The van der Waals surface area contributed by atoms with Crippen LogP contribution in [0.3, 0.4) is 0 Å². The van der Waals surface area contributed by atoms with E-state index in [1.165, 1.54) is 5.39 Å². The smallest absolute Gasteiger partial charge is 0.305 e. The number of hydrogen-bond acceptors (Lipinski definition) is 3. The van der Waals surface area contributed by atoms with Crippen LogP contribution in [0.25, 0.3) is 22.2 Å². The minimum Gasteiger partial charge on any atom is -0.464 e. The van der Waals surface area contributed by atoms with Crippen molar-refractivity contribution < 1.29 is 9.15 Å². The van der Waals surface area contributed by atoms with Crippen LogP contribution in [-0.4, -0.2) is 11.6 Å². The summed E-state index contributed by atoms with van der Waals surface area (Å²) < 4.78 is 10.9. The molecule has 3 rings (SSSR count). The summed E-state index contributed by atoms with van der Waals surface area (Å²) in [7, 11) is 0. The van der Waals surface area contributed by atoms with Gasteiger partial charge in [0.25, 0.3) is 0 Å². The summed E-state index contributed by atoms with van der Waals surface area (Å²) in [6, 6.07) is 14.3. The second kappa shape index (κ2) is 4.53. The van der Waals surface area contributed by atoms with Crippen molar-refractivity contribution in [2.45, 2.75) is 6.92 Å². The van der Waals surface area contributed by atoms with Crippen LogP contribution in [0, 0.1) is 0 Å². The summed E-state index contributed by atoms with van der Waals surface area (Å²) in [5.74, 6) is 1.05. The standard InChI is InChI=1S/C15H13NO2/c1-2-17-14-10-16-15(18-14)13-9-5-7-11-6-3-4-8-12(11)13/h3-10H,2H2,1H3. The number of ether oxygens (including phenoxy) is 1. The molecule has 1 heterocycles. The van der Waals surface area contributed by atoms with Gasteiger partial charge in [0.05, 0.1) is 6.61 Å². The summed E-state index contributed by atoms with van der Waals surface area (Å²) >= 11 is 0. The maximum absolute atomic E-state index is 5.58. The molecule has 0 saturated heterocycles. The molecule has 1 aromatic heterocycles. The van der Waals surface area contributed by atoms with E-state index in [0.717, 1.165) is 10.9 Å². The molecule has 0 atom stereocenters. The molecular weight excluding hydrogens is 226 g/mol. The predicted molar refractivity (Wildman–Crippen MR) is 70.6 cm³/mol. The Hall–Kier alpha value is -2.29. The lowest BCUT2D eigenvalue weighted by molar-refractivity contribution is 0.260. The van der Waals surface area contributed by atoms with Gasteiger partial charge in [-0.15, -0.1) is 0 Å². The second-order valence-corrected chi connectivity index (χ2v) is 3.94. The zero-order valence-electron chi connectivity index (χ0n) is 10.1. The Morgan fingerprint density at radius 3 is 2.83 bits per heavy atom. The van der Waals surface area contributed by atoms with Crippen molar-refractivity contribution in [1.82, 2.24) is 4.98 Å². The molecule has 0 spiro atoms. The topological polar surface area (TPSA) is 35.3 Å². The average molecular weight is 239 g/mol. The fraction of sp³-hybridized carbons (Fsp3) is 0.133. The van der Waals surface area contributed by atoms with Gasteiger partial charge in [0, 0.05) is 5.56 Å². The summed E-state index contributed by atoms with van der Waals surface area (Å²) in [6.07, 6.45) is 1.61. The molecule has 0 aliphatic carbocycles. The third-order valence-corrected chi connectivity index (χ3v) is 2.79. The highest BCUT2D eigenvalue weighted by Crippen LogP contribution is 2.29. The van der Waals surface area contributed by atoms with E-state index in [0.29, 0.717) is 18.4 Å². The molecule has 3 heteroatoms. The quantitative estimate of drug-likeness (QED) is 0.695. The van der Waals surface area contributed by atoms with Crippen molar-refractivity contribution in [3.8, 4) is 17.4 Å². The molecule has 0 aliphatic heterocycles. The lowest BCUT2D eigenvalue weighted by Gasteiger charge is -2.02. The Morgan fingerprint density at radius 1 is 1.11 bits per heavy atom. The first-order valence-corrected chi connectivity index (χ1v) is 5.95. The zero-order valence-corrected chi connectivity index (χ0v) is 10.1. The first-order valence-electron chi connectivity index (χ1n) is 5.95. The maximum atomic E-state index is 5.58. The molecule has 3 aromatic rings. The monoisotopic (exact) mass is 239 g/mol. The van der Waals surface area contributed by atoms with E-state index < -0.39 is 0 Å². The maximum Gasteiger partial charge on any atom is 0.305 e. The average Bonchev–Trinajstić information content (AvgIpc) is 2.87. The number of hydrogen-bond donors (Lipinski definition) is 0. The van der Waals surface area contributed by atoms with Gasteiger partial charge < -0.3 is 9.15 Å². The largest absolute Gasteiger partial charge is 0.464 e. The number of oxazole rings is 1. The number of fused-ring (bicyclic) bond motifs is 1. The highest BCUT2D eigenvalue weighted by Gasteiger charge is 2.10. The van der Waals surface area contributed by atoms with Crippen molar-refractivity contribution in [2.75, 3.05) is 6.61 Å². The predicted octanol–water partition coefficient (Wildman–Crippen LogP) is 3.89. The summed E-state index contributed by atoms with van der Waals surface area (Å²) in [5, 5.41) is 2.30. The third kappa shape index (κ3) is 1.84. The van der Waals surface area contributed by atoms with E-state index in [1.54, 1.807) is 6.20 Å². The van der Waals surface area contributed by atoms with Crippen LogP contribution < -0.4 is 4.74 Å². The lowest BCUT2D eigenvalue weighted by atomic mass is 10.0. The molecule has 2 aromatic carbocycles. The van der Waals surface area contributed by atoms with Gasteiger partial charge in [-0.25, -0.2) is 4.98 Å². The molecule has 0 aliphatic rings. The molecule has 0 amide bonds. The highest BCUT2D eigenvalue weighted by atomic mass is 16.6. The highest BCUT2D eigenvalue weighted by molar-refractivity contribution is 5.94. The Kier molecular flexibility index (Phi) is 2.73. The lowest BCUT2D eigenvalue weighted by Crippen LogP contribution is -1.88. The van der Waals surface area contributed by atoms with Crippen molar-refractivity contribution in [3.63, 3.8) is 0 Å². The van der Waals surface area contributed by atoms with Crippen molar-refractivity contribution >= 4 is 10.8 Å². The summed E-state index contributed by atoms with van der Waals surface area (Å²) in [4.78, 5) is 4.26. The molecule has 0 unspecified atom stereocenters. The normalized spacial score (nSPS) is 10.7. The van der Waals surface area contributed by atoms with E-state index in [1.807, 2.05) is 31.2 Å². The summed E-state index contributed by atoms with van der Waals surface area (Å²) in [6.45, 7) is 2.49. The van der Waals surface area contributed by atoms with Gasteiger partial charge in [0.15, 0.2) is 0 Å². The van der Waals surface area contributed by atoms with Gasteiger partial charge in [0.2, 0.25) is 5.89 Å². The first kappa shape index (κ1) is 10.8. The summed E-state index contributed by atoms with van der Waals surface area (Å²) in [5.41, 5.74) is 0.985. The van der Waals surface area contributed by atoms with Crippen LogP contribution >= 0.6 is 0 Å². The van der Waals surface area contributed by atoms with E-state index >= 15 is 0 Å². The van der Waals surface area contributed by atoms with Crippen LogP contribution in [-0.2, 0) is 0 Å². The fourth-order valence-corrected chi connectivity index (χ4v) is 2.00. The van der Waals surface area contributed by atoms with E-state index in [4.69, 9.17) is 9.15 Å². The van der Waals surface area contributed by atoms with Crippen LogP contribution in [0.4, 0.5) is 0 Å². The molecule has 18 heavy (non-hydrogen) atoms. The molecule has 0 bridgehead atoms. The van der Waals surface area contributed by atoms with Crippen LogP contribution in [0.1, 0.15) is 6.92 Å². The Morgan fingerprint density at radius 2 is 1.94 bits per heavy atom. The fourth-order valence-electron chi connectivity index (χ4n) is 2.00. The molecule has 3 nitrogen and oxygen atoms in total. The number of aromatic nitrogens is 1. The first-order chi connectivity index (χ1) is 8.88. The number of nitrogens with zero attached hydrogens (tertiary/aromatic N) is 1. The molecule has 0 fully saturated rings. The van der Waals surface area contributed by atoms with Crippen LogP contribution in [0.5, 0.6) is 5.95 Å². The minimum atomic E-state index is 0.459. The van der Waals surface area contributed by atoms with Gasteiger partial charge in [-0.05, 0) is 23.8 Å². The van der Waals surface area contributed by atoms with Gasteiger partial charge >= 0.3 is 5.95 Å². The third-order valence-electron chi connectivity index (χ3n) is 2.79. The Labute approximate surface area is 105 Å². The minimum absolute atomic E-state index is 0.459. The van der Waals surface area contributed by atoms with Gasteiger partial charge in [0.1, 0.15) is 6.20 Å². The van der Waals surface area contributed by atoms with E-state index in [-0.39, 0.29) is 0 Å². The Bertz CT molecular complexity index is 668. The van der Waals surface area contributed by atoms with Crippen molar-refractivity contribution in [1.29, 1.82) is 0 Å². The molecule has 0 N–H and O–H groups in total. The van der Waals surface area contributed by atoms with Gasteiger partial charge in [-0.1, -0.05) is 36.4 Å². The Balaban J connectivity index is 2.12. The molecular formula is C15H13NO2. The van der Waals surface area contributed by atoms with Crippen molar-refractivity contribution in [2.24, 2.45) is 0 Å². The van der Waals surface area contributed by atoms with Gasteiger partial charge in [-0.3, -0.25) is 0 Å². The zero-order chi connectivity index (χ0) is 12.4. The molecule has 0 saturated carbocycles. The van der Waals surface area contributed by atoms with Crippen LogP contribution in [0.15, 0.2) is 53.1 Å². The van der Waals surface area contributed by atoms with Gasteiger partial charge in [-0.2, -0.15) is 0 Å². The SMILES string of the molecule is CCOc1cnc(-c2cccc3ccccc23)o1. The molecule has 90 valence electrons. The number of benzene rings is 2. The molecule has 0 radical (unpaired) electrons. The second-order valence-electron chi connectivity index (χ2n) is 3.94.